The molecule has 0 radical (unpaired) electrons. The highest BCUT2D eigenvalue weighted by atomic mass is 15.2. The van der Waals surface area contributed by atoms with Crippen molar-refractivity contribution in [2.24, 2.45) is 0 Å². The second kappa shape index (κ2) is 6.28. The highest BCUT2D eigenvalue weighted by molar-refractivity contribution is 5.59. The number of para-hydroxylation sites is 1. The minimum atomic E-state index is -0.423. The van der Waals surface area contributed by atoms with E-state index in [0.29, 0.717) is 6.04 Å². The number of anilines is 1. The highest BCUT2D eigenvalue weighted by Gasteiger charge is 2.29. The summed E-state index contributed by atoms with van der Waals surface area (Å²) in [4.78, 5) is 2.44. The first-order chi connectivity index (χ1) is 9.59. The van der Waals surface area contributed by atoms with Crippen molar-refractivity contribution in [1.82, 2.24) is 5.32 Å². The van der Waals surface area contributed by atoms with Crippen molar-refractivity contribution < 1.29 is 0 Å². The molecule has 0 saturated carbocycles. The lowest BCUT2D eigenvalue weighted by molar-refractivity contribution is 0.414. The molecule has 0 saturated heterocycles. The maximum absolute atomic E-state index is 9.42. The van der Waals surface area contributed by atoms with E-state index in [0.717, 1.165) is 32.4 Å². The summed E-state index contributed by atoms with van der Waals surface area (Å²) in [6, 6.07) is 11.6. The van der Waals surface area contributed by atoms with Gasteiger partial charge in [0.1, 0.15) is 5.54 Å². The van der Waals surface area contributed by atoms with E-state index in [1.807, 2.05) is 6.92 Å². The van der Waals surface area contributed by atoms with Crippen molar-refractivity contribution in [3.05, 3.63) is 29.8 Å². The molecule has 0 bridgehead atoms. The second-order valence-corrected chi connectivity index (χ2v) is 6.00. The quantitative estimate of drug-likeness (QED) is 0.864. The fraction of sp³-hybridized carbons (Fsp3) is 0.588. The van der Waals surface area contributed by atoms with Gasteiger partial charge in [0.2, 0.25) is 0 Å². The van der Waals surface area contributed by atoms with Crippen molar-refractivity contribution in [2.45, 2.75) is 51.6 Å². The zero-order valence-corrected chi connectivity index (χ0v) is 12.8. The minimum Gasteiger partial charge on any atom is -0.368 e. The second-order valence-electron chi connectivity index (χ2n) is 6.00. The first kappa shape index (κ1) is 14.9. The molecule has 1 aromatic rings. The van der Waals surface area contributed by atoms with Gasteiger partial charge in [-0.1, -0.05) is 25.1 Å². The molecule has 0 amide bonds. The zero-order valence-electron chi connectivity index (χ0n) is 12.8. The van der Waals surface area contributed by atoms with Gasteiger partial charge in [0.15, 0.2) is 0 Å². The molecule has 0 aromatic heterocycles. The van der Waals surface area contributed by atoms with E-state index in [1.165, 1.54) is 11.3 Å². The molecular formula is C17H25N3. The van der Waals surface area contributed by atoms with E-state index in [2.05, 4.69) is 54.4 Å². The fourth-order valence-electron chi connectivity index (χ4n) is 2.90. The molecule has 0 aliphatic carbocycles. The van der Waals surface area contributed by atoms with Crippen molar-refractivity contribution in [3.63, 3.8) is 0 Å². The summed E-state index contributed by atoms with van der Waals surface area (Å²) in [7, 11) is 0. The van der Waals surface area contributed by atoms with Crippen LogP contribution in [0.1, 0.15) is 39.2 Å². The predicted octanol–water partition coefficient (Wildman–Crippen LogP) is 3.11. The number of fused-ring (bicyclic) bond motifs is 1. The first-order valence-electron chi connectivity index (χ1n) is 7.60. The van der Waals surface area contributed by atoms with Gasteiger partial charge in [0, 0.05) is 18.3 Å². The maximum atomic E-state index is 9.42. The largest absolute Gasteiger partial charge is 0.368 e. The van der Waals surface area contributed by atoms with Gasteiger partial charge in [0.25, 0.3) is 0 Å². The van der Waals surface area contributed by atoms with Crippen LogP contribution in [0.4, 0.5) is 5.69 Å². The van der Waals surface area contributed by atoms with Gasteiger partial charge >= 0.3 is 0 Å². The molecule has 0 spiro atoms. The summed E-state index contributed by atoms with van der Waals surface area (Å²) in [5.74, 6) is 0. The van der Waals surface area contributed by atoms with E-state index in [-0.39, 0.29) is 0 Å². The molecule has 3 heteroatoms. The van der Waals surface area contributed by atoms with E-state index in [4.69, 9.17) is 0 Å². The lowest BCUT2D eigenvalue weighted by Gasteiger charge is -2.30. The summed E-state index contributed by atoms with van der Waals surface area (Å²) in [6.07, 6.45) is 3.02. The first-order valence-corrected chi connectivity index (χ1v) is 7.60. The molecule has 2 unspecified atom stereocenters. The molecule has 2 atom stereocenters. The van der Waals surface area contributed by atoms with Crippen LogP contribution in [-0.2, 0) is 6.42 Å². The SMILES string of the molecule is CCCNC(C)(C#N)CCN1c2ccccc2CC1C. The molecular weight excluding hydrogens is 246 g/mol. The van der Waals surface area contributed by atoms with Crippen LogP contribution in [-0.4, -0.2) is 24.7 Å². The Balaban J connectivity index is 2.02. The molecule has 1 aromatic carbocycles. The molecule has 1 heterocycles. The number of nitrogens with one attached hydrogen (secondary N) is 1. The number of nitrogens with zero attached hydrogens (tertiary/aromatic N) is 2. The van der Waals surface area contributed by atoms with Crippen molar-refractivity contribution in [2.75, 3.05) is 18.0 Å². The number of rotatable bonds is 6. The molecule has 2 rings (SSSR count). The number of nitriles is 1. The lowest BCUT2D eigenvalue weighted by atomic mass is 9.99. The van der Waals surface area contributed by atoms with Crippen LogP contribution < -0.4 is 10.2 Å². The van der Waals surface area contributed by atoms with E-state index < -0.39 is 5.54 Å². The third-order valence-corrected chi connectivity index (χ3v) is 4.21. The third kappa shape index (κ3) is 3.13. The average Bonchev–Trinajstić information content (AvgIpc) is 2.78. The normalized spacial score (nSPS) is 20.3. The van der Waals surface area contributed by atoms with Gasteiger partial charge in [-0.3, -0.25) is 5.32 Å². The summed E-state index contributed by atoms with van der Waals surface area (Å²) in [5.41, 5.74) is 2.35. The molecule has 108 valence electrons. The standard InChI is InChI=1S/C17H25N3/c1-4-10-19-17(3,13-18)9-11-20-14(2)12-15-7-5-6-8-16(15)20/h5-8,14,19H,4,9-12H2,1-3H3. The van der Waals surface area contributed by atoms with Crippen LogP contribution >= 0.6 is 0 Å². The molecule has 1 N–H and O–H groups in total. The zero-order chi connectivity index (χ0) is 14.6. The van der Waals surface area contributed by atoms with Crippen LogP contribution in [0.3, 0.4) is 0 Å². The predicted molar refractivity (Wildman–Crippen MR) is 83.9 cm³/mol. The molecule has 3 nitrogen and oxygen atoms in total. The Morgan fingerprint density at radius 2 is 2.20 bits per heavy atom. The topological polar surface area (TPSA) is 39.1 Å². The van der Waals surface area contributed by atoms with Crippen LogP contribution in [0.5, 0.6) is 0 Å². The van der Waals surface area contributed by atoms with Gasteiger partial charge in [-0.2, -0.15) is 5.26 Å². The van der Waals surface area contributed by atoms with Crippen molar-refractivity contribution in [1.29, 1.82) is 5.26 Å². The summed E-state index contributed by atoms with van der Waals surface area (Å²) < 4.78 is 0. The summed E-state index contributed by atoms with van der Waals surface area (Å²) in [5, 5.41) is 12.8. The molecule has 0 fully saturated rings. The van der Waals surface area contributed by atoms with Gasteiger partial charge in [0.05, 0.1) is 6.07 Å². The van der Waals surface area contributed by atoms with Crippen LogP contribution in [0, 0.1) is 11.3 Å². The summed E-state index contributed by atoms with van der Waals surface area (Å²) >= 11 is 0. The van der Waals surface area contributed by atoms with Crippen molar-refractivity contribution >= 4 is 5.69 Å². The van der Waals surface area contributed by atoms with Gasteiger partial charge in [-0.15, -0.1) is 0 Å². The van der Waals surface area contributed by atoms with Gasteiger partial charge in [-0.05, 0) is 51.3 Å². The maximum Gasteiger partial charge on any atom is 0.105 e. The van der Waals surface area contributed by atoms with Crippen molar-refractivity contribution in [3.8, 4) is 6.07 Å². The molecule has 1 aliphatic rings. The Hall–Kier alpha value is -1.53. The Kier molecular flexibility index (Phi) is 4.67. The van der Waals surface area contributed by atoms with Gasteiger partial charge in [-0.25, -0.2) is 0 Å². The third-order valence-electron chi connectivity index (χ3n) is 4.21. The lowest BCUT2D eigenvalue weighted by Crippen LogP contribution is -2.45. The monoisotopic (exact) mass is 271 g/mol. The van der Waals surface area contributed by atoms with E-state index in [1.54, 1.807) is 0 Å². The number of hydrogen-bond acceptors (Lipinski definition) is 3. The Morgan fingerprint density at radius 3 is 2.90 bits per heavy atom. The number of hydrogen-bond donors (Lipinski definition) is 1. The Bertz CT molecular complexity index is 491. The van der Waals surface area contributed by atoms with E-state index in [9.17, 15) is 5.26 Å². The average molecular weight is 271 g/mol. The minimum absolute atomic E-state index is 0.423. The number of benzene rings is 1. The van der Waals surface area contributed by atoms with E-state index >= 15 is 0 Å². The Morgan fingerprint density at radius 1 is 1.45 bits per heavy atom. The van der Waals surface area contributed by atoms with Gasteiger partial charge < -0.3 is 4.90 Å². The van der Waals surface area contributed by atoms with Crippen LogP contribution in [0.25, 0.3) is 0 Å². The smallest absolute Gasteiger partial charge is 0.105 e. The van der Waals surface area contributed by atoms with Crippen LogP contribution in [0.15, 0.2) is 24.3 Å². The Labute approximate surface area is 122 Å². The van der Waals surface area contributed by atoms with Crippen LogP contribution in [0.2, 0.25) is 0 Å². The molecule has 1 aliphatic heterocycles. The fourth-order valence-corrected chi connectivity index (χ4v) is 2.90. The summed E-state index contributed by atoms with van der Waals surface area (Å²) in [6.45, 7) is 8.23. The molecule has 20 heavy (non-hydrogen) atoms. The highest BCUT2D eigenvalue weighted by Crippen LogP contribution is 2.32.